The molecular formula is C32H33NO4. The summed E-state index contributed by atoms with van der Waals surface area (Å²) in [4.78, 5) is 12.4. The van der Waals surface area contributed by atoms with E-state index in [1.165, 1.54) is 23.4 Å². The minimum Gasteiger partial charge on any atom is -0.496 e. The Morgan fingerprint density at radius 1 is 0.946 bits per heavy atom. The zero-order valence-corrected chi connectivity index (χ0v) is 21.6. The largest absolute Gasteiger partial charge is 0.496 e. The summed E-state index contributed by atoms with van der Waals surface area (Å²) in [6.07, 6.45) is 1.68. The van der Waals surface area contributed by atoms with Gasteiger partial charge in [-0.1, -0.05) is 72.8 Å². The highest BCUT2D eigenvalue weighted by molar-refractivity contribution is 5.93. The lowest BCUT2D eigenvalue weighted by atomic mass is 9.82. The molecule has 3 atom stereocenters. The molecule has 1 aliphatic heterocycles. The van der Waals surface area contributed by atoms with E-state index >= 15 is 0 Å². The number of ether oxygens (including phenoxy) is 3. The van der Waals surface area contributed by atoms with Crippen molar-refractivity contribution in [3.63, 3.8) is 0 Å². The van der Waals surface area contributed by atoms with Crippen LogP contribution in [0.4, 0.5) is 0 Å². The molecule has 0 bridgehead atoms. The van der Waals surface area contributed by atoms with Gasteiger partial charge in [-0.2, -0.15) is 0 Å². The van der Waals surface area contributed by atoms with Gasteiger partial charge < -0.3 is 19.5 Å². The van der Waals surface area contributed by atoms with E-state index in [0.29, 0.717) is 11.3 Å². The minimum atomic E-state index is -0.401. The number of esters is 1. The Balaban J connectivity index is 1.35. The van der Waals surface area contributed by atoms with Gasteiger partial charge >= 0.3 is 5.97 Å². The van der Waals surface area contributed by atoms with Crippen molar-refractivity contribution in [2.45, 2.75) is 37.8 Å². The lowest BCUT2D eigenvalue weighted by molar-refractivity contribution is 0.0596. The first-order valence-corrected chi connectivity index (χ1v) is 12.8. The summed E-state index contributed by atoms with van der Waals surface area (Å²) in [6.45, 7) is 3.04. The molecule has 0 saturated heterocycles. The van der Waals surface area contributed by atoms with E-state index in [9.17, 15) is 4.79 Å². The Bertz CT molecular complexity index is 1390. The van der Waals surface area contributed by atoms with Crippen LogP contribution in [0.5, 0.6) is 11.5 Å². The molecule has 0 amide bonds. The number of methoxy groups -OCH3 is 2. The maximum atomic E-state index is 12.4. The number of hydrogen-bond donors (Lipinski definition) is 1. The Labute approximate surface area is 218 Å². The molecule has 1 N–H and O–H groups in total. The van der Waals surface area contributed by atoms with Crippen LogP contribution in [0.15, 0.2) is 84.9 Å². The fourth-order valence-corrected chi connectivity index (χ4v) is 5.49. The molecule has 1 aliphatic rings. The highest BCUT2D eigenvalue weighted by atomic mass is 16.5. The summed E-state index contributed by atoms with van der Waals surface area (Å²) in [5.74, 6) is 1.10. The van der Waals surface area contributed by atoms with Crippen LogP contribution >= 0.6 is 0 Å². The standard InChI is InChI=1S/C32H33NO4/c1-21(24-14-8-11-22-10-4-5-12-25(22)24)33-19-18-23-20-29(26-13-6-7-17-30(26)37-23)27-15-9-16-28(31(27)35-2)32(34)36-3/h4-17,21,23,29,33H,18-20H2,1-3H3. The fraction of sp³-hybridized carbons (Fsp3) is 0.281. The van der Waals surface area contributed by atoms with Crippen LogP contribution in [0, 0.1) is 0 Å². The van der Waals surface area contributed by atoms with Crippen LogP contribution < -0.4 is 14.8 Å². The normalized spacial score (nSPS) is 17.5. The average molecular weight is 496 g/mol. The Morgan fingerprint density at radius 3 is 2.51 bits per heavy atom. The van der Waals surface area contributed by atoms with Crippen LogP contribution in [0.2, 0.25) is 0 Å². The van der Waals surface area contributed by atoms with Crippen molar-refractivity contribution in [3.05, 3.63) is 107 Å². The molecule has 0 fully saturated rings. The molecule has 4 aromatic carbocycles. The second-order valence-corrected chi connectivity index (χ2v) is 9.52. The minimum absolute atomic E-state index is 0.0265. The molecule has 5 nitrogen and oxygen atoms in total. The second kappa shape index (κ2) is 11.1. The smallest absolute Gasteiger partial charge is 0.341 e. The fourth-order valence-electron chi connectivity index (χ4n) is 5.49. The monoisotopic (exact) mass is 495 g/mol. The zero-order valence-electron chi connectivity index (χ0n) is 21.6. The van der Waals surface area contributed by atoms with Crippen molar-refractivity contribution >= 4 is 16.7 Å². The summed E-state index contributed by atoms with van der Waals surface area (Å²) in [5, 5.41) is 6.24. The molecule has 5 rings (SSSR count). The van der Waals surface area contributed by atoms with Crippen LogP contribution in [0.25, 0.3) is 10.8 Å². The number of rotatable bonds is 8. The summed E-state index contributed by atoms with van der Waals surface area (Å²) in [7, 11) is 2.99. The van der Waals surface area contributed by atoms with Crippen molar-refractivity contribution in [1.29, 1.82) is 0 Å². The Morgan fingerprint density at radius 2 is 1.68 bits per heavy atom. The first kappa shape index (κ1) is 24.8. The molecule has 0 saturated carbocycles. The molecule has 0 aromatic heterocycles. The highest BCUT2D eigenvalue weighted by Crippen LogP contribution is 2.44. The van der Waals surface area contributed by atoms with Crippen molar-refractivity contribution in [2.24, 2.45) is 0 Å². The number of nitrogens with one attached hydrogen (secondary N) is 1. The molecule has 0 aliphatic carbocycles. The number of benzene rings is 4. The van der Waals surface area contributed by atoms with Crippen molar-refractivity contribution in [1.82, 2.24) is 5.32 Å². The summed E-state index contributed by atoms with van der Waals surface area (Å²) in [5.41, 5.74) is 3.82. The number of carbonyl (C=O) groups excluding carboxylic acids is 1. The third-order valence-corrected chi connectivity index (χ3v) is 7.32. The van der Waals surface area contributed by atoms with Gasteiger partial charge in [0.1, 0.15) is 23.2 Å². The molecule has 0 radical (unpaired) electrons. The van der Waals surface area contributed by atoms with Crippen molar-refractivity contribution in [3.8, 4) is 11.5 Å². The highest BCUT2D eigenvalue weighted by Gasteiger charge is 2.32. The summed E-state index contributed by atoms with van der Waals surface area (Å²) in [6, 6.07) is 29.0. The van der Waals surface area contributed by atoms with Crippen LogP contribution in [-0.2, 0) is 4.74 Å². The predicted octanol–water partition coefficient (Wildman–Crippen LogP) is 6.66. The summed E-state index contributed by atoms with van der Waals surface area (Å²) < 4.78 is 17.2. The summed E-state index contributed by atoms with van der Waals surface area (Å²) >= 11 is 0. The first-order chi connectivity index (χ1) is 18.1. The van der Waals surface area contributed by atoms with E-state index in [0.717, 1.165) is 36.3 Å². The molecular weight excluding hydrogens is 462 g/mol. The molecule has 5 heteroatoms. The van der Waals surface area contributed by atoms with Gasteiger partial charge in [0.15, 0.2) is 0 Å². The zero-order chi connectivity index (χ0) is 25.8. The second-order valence-electron chi connectivity index (χ2n) is 9.52. The topological polar surface area (TPSA) is 56.8 Å². The van der Waals surface area contributed by atoms with Crippen LogP contribution in [-0.4, -0.2) is 32.8 Å². The van der Waals surface area contributed by atoms with Crippen molar-refractivity contribution in [2.75, 3.05) is 20.8 Å². The van der Waals surface area contributed by atoms with Gasteiger partial charge in [0.05, 0.1) is 14.2 Å². The SMILES string of the molecule is COC(=O)c1cccc(C2CC(CCNC(C)c3cccc4ccccc34)Oc3ccccc32)c1OC. The molecule has 1 heterocycles. The third-order valence-electron chi connectivity index (χ3n) is 7.32. The quantitative estimate of drug-likeness (QED) is 0.277. The Hall–Kier alpha value is -3.83. The van der Waals surface area contributed by atoms with Gasteiger partial charge in [-0.3, -0.25) is 0 Å². The third kappa shape index (κ3) is 5.05. The van der Waals surface area contributed by atoms with Gasteiger partial charge in [-0.15, -0.1) is 0 Å². The Kier molecular flexibility index (Phi) is 7.42. The van der Waals surface area contributed by atoms with E-state index in [4.69, 9.17) is 14.2 Å². The van der Waals surface area contributed by atoms with E-state index < -0.39 is 5.97 Å². The van der Waals surface area contributed by atoms with Gasteiger partial charge in [-0.05, 0) is 54.8 Å². The molecule has 190 valence electrons. The van der Waals surface area contributed by atoms with Crippen LogP contribution in [0.3, 0.4) is 0 Å². The van der Waals surface area contributed by atoms with Crippen LogP contribution in [0.1, 0.15) is 58.8 Å². The number of hydrogen-bond acceptors (Lipinski definition) is 5. The molecule has 4 aromatic rings. The van der Waals surface area contributed by atoms with E-state index in [1.807, 2.05) is 30.3 Å². The van der Waals surface area contributed by atoms with Gasteiger partial charge in [0.25, 0.3) is 0 Å². The van der Waals surface area contributed by atoms with Gasteiger partial charge in [-0.25, -0.2) is 4.79 Å². The first-order valence-electron chi connectivity index (χ1n) is 12.8. The maximum Gasteiger partial charge on any atom is 0.341 e. The number of carbonyl (C=O) groups is 1. The van der Waals surface area contributed by atoms with Crippen molar-refractivity contribution < 1.29 is 19.0 Å². The number of para-hydroxylation sites is 2. The molecule has 0 spiro atoms. The molecule has 3 unspecified atom stereocenters. The molecule has 37 heavy (non-hydrogen) atoms. The van der Waals surface area contributed by atoms with E-state index in [2.05, 4.69) is 60.8 Å². The van der Waals surface area contributed by atoms with E-state index in [-0.39, 0.29) is 18.1 Å². The maximum absolute atomic E-state index is 12.4. The average Bonchev–Trinajstić information content (AvgIpc) is 2.95. The van der Waals surface area contributed by atoms with E-state index in [1.54, 1.807) is 13.2 Å². The predicted molar refractivity (Wildman–Crippen MR) is 147 cm³/mol. The number of fused-ring (bicyclic) bond motifs is 2. The lowest BCUT2D eigenvalue weighted by Gasteiger charge is -2.33. The van der Waals surface area contributed by atoms with Gasteiger partial charge in [0, 0.05) is 23.1 Å². The lowest BCUT2D eigenvalue weighted by Crippen LogP contribution is -2.31. The van der Waals surface area contributed by atoms with Gasteiger partial charge in [0.2, 0.25) is 0 Å².